The van der Waals surface area contributed by atoms with Crippen molar-refractivity contribution < 1.29 is 8.42 Å². The first-order valence-corrected chi connectivity index (χ1v) is 12.1. The van der Waals surface area contributed by atoms with Gasteiger partial charge in [0.05, 0.1) is 5.75 Å². The van der Waals surface area contributed by atoms with Gasteiger partial charge in [-0.25, -0.2) is 13.1 Å². The molecule has 0 aliphatic carbocycles. The second kappa shape index (κ2) is 10.1. The predicted octanol–water partition coefficient (Wildman–Crippen LogP) is 3.08. The van der Waals surface area contributed by atoms with E-state index in [4.69, 9.17) is 0 Å². The molecule has 0 radical (unpaired) electrons. The van der Waals surface area contributed by atoms with Gasteiger partial charge >= 0.3 is 0 Å². The van der Waals surface area contributed by atoms with Crippen molar-refractivity contribution in [1.29, 1.82) is 0 Å². The van der Waals surface area contributed by atoms with E-state index in [1.807, 2.05) is 44.2 Å². The topological polar surface area (TPSA) is 73.8 Å². The van der Waals surface area contributed by atoms with Gasteiger partial charge in [0.15, 0.2) is 5.96 Å². The molecule has 0 amide bonds. The number of nitrogens with zero attached hydrogens (tertiary/aromatic N) is 2. The monoisotopic (exact) mass is 428 g/mol. The third-order valence-corrected chi connectivity index (χ3v) is 6.81. The number of hydrogen-bond donors (Lipinski definition) is 2. The normalized spacial score (nSPS) is 17.5. The van der Waals surface area contributed by atoms with E-state index in [2.05, 4.69) is 44.2 Å². The average molecular weight is 429 g/mol. The molecule has 2 N–H and O–H groups in total. The Morgan fingerprint density at radius 3 is 2.43 bits per heavy atom. The molecular weight excluding hydrogens is 396 g/mol. The summed E-state index contributed by atoms with van der Waals surface area (Å²) in [4.78, 5) is 6.73. The maximum absolute atomic E-state index is 12.4. The minimum atomic E-state index is -3.37. The predicted molar refractivity (Wildman–Crippen MR) is 123 cm³/mol. The minimum Gasteiger partial charge on any atom is -0.352 e. The van der Waals surface area contributed by atoms with E-state index in [0.29, 0.717) is 12.5 Å². The number of sulfonamides is 1. The van der Waals surface area contributed by atoms with Crippen LogP contribution >= 0.6 is 0 Å². The number of aliphatic imine (C=N–C) groups is 1. The molecule has 1 saturated heterocycles. The Labute approximate surface area is 180 Å². The highest BCUT2D eigenvalue weighted by molar-refractivity contribution is 7.88. The standard InChI is InChI=1S/C23H32N4O2S/c1-18(2)26-30(28,29)17-22-12-8-7-11-20(22)15-25-23(24-3)27-14-13-21(16-27)19-9-5-4-6-10-19/h4-12,18,21,26H,13-17H2,1-3H3,(H,24,25). The molecule has 1 atom stereocenters. The highest BCUT2D eigenvalue weighted by Gasteiger charge is 2.26. The molecule has 0 spiro atoms. The second-order valence-corrected chi connectivity index (χ2v) is 9.80. The number of nitrogens with one attached hydrogen (secondary N) is 2. The summed E-state index contributed by atoms with van der Waals surface area (Å²) in [7, 11) is -1.58. The van der Waals surface area contributed by atoms with Gasteiger partial charge in [-0.15, -0.1) is 0 Å². The molecule has 0 saturated carbocycles. The van der Waals surface area contributed by atoms with Gasteiger partial charge in [0.25, 0.3) is 0 Å². The molecule has 7 heteroatoms. The van der Waals surface area contributed by atoms with Gasteiger partial charge in [0.2, 0.25) is 10.0 Å². The van der Waals surface area contributed by atoms with Crippen LogP contribution < -0.4 is 10.0 Å². The molecule has 6 nitrogen and oxygen atoms in total. The summed E-state index contributed by atoms with van der Waals surface area (Å²) in [5.41, 5.74) is 3.13. The number of hydrogen-bond acceptors (Lipinski definition) is 3. The first-order valence-electron chi connectivity index (χ1n) is 10.5. The van der Waals surface area contributed by atoms with Gasteiger partial charge in [-0.05, 0) is 37.0 Å². The van der Waals surface area contributed by atoms with Crippen molar-refractivity contribution in [3.63, 3.8) is 0 Å². The molecule has 0 bridgehead atoms. The van der Waals surface area contributed by atoms with Crippen LogP contribution in [0.4, 0.5) is 0 Å². The van der Waals surface area contributed by atoms with Crippen molar-refractivity contribution in [2.45, 2.75) is 44.5 Å². The summed E-state index contributed by atoms with van der Waals surface area (Å²) < 4.78 is 27.4. The number of guanidine groups is 1. The fourth-order valence-corrected chi connectivity index (χ4v) is 5.43. The zero-order valence-electron chi connectivity index (χ0n) is 18.0. The smallest absolute Gasteiger partial charge is 0.216 e. The van der Waals surface area contributed by atoms with Gasteiger partial charge in [-0.2, -0.15) is 0 Å². The maximum Gasteiger partial charge on any atom is 0.216 e. The van der Waals surface area contributed by atoms with E-state index >= 15 is 0 Å². The quantitative estimate of drug-likeness (QED) is 0.525. The van der Waals surface area contributed by atoms with E-state index in [1.54, 1.807) is 7.05 Å². The van der Waals surface area contributed by atoms with Crippen molar-refractivity contribution in [3.8, 4) is 0 Å². The summed E-state index contributed by atoms with van der Waals surface area (Å²) in [6, 6.07) is 18.1. The van der Waals surface area contributed by atoms with Gasteiger partial charge in [0, 0.05) is 38.6 Å². The molecule has 2 aromatic carbocycles. The Bertz CT molecular complexity index is 958. The Morgan fingerprint density at radius 2 is 1.77 bits per heavy atom. The lowest BCUT2D eigenvalue weighted by atomic mass is 9.99. The van der Waals surface area contributed by atoms with E-state index in [0.717, 1.165) is 36.6 Å². The summed E-state index contributed by atoms with van der Waals surface area (Å²) in [5.74, 6) is 1.33. The zero-order valence-corrected chi connectivity index (χ0v) is 18.8. The maximum atomic E-state index is 12.4. The fourth-order valence-electron chi connectivity index (χ4n) is 3.93. The summed E-state index contributed by atoms with van der Waals surface area (Å²) >= 11 is 0. The third kappa shape index (κ3) is 6.06. The van der Waals surface area contributed by atoms with E-state index in [9.17, 15) is 8.42 Å². The van der Waals surface area contributed by atoms with Crippen LogP contribution in [0.25, 0.3) is 0 Å². The van der Waals surface area contributed by atoms with Crippen molar-refractivity contribution >= 4 is 16.0 Å². The SMILES string of the molecule is CN=C(NCc1ccccc1CS(=O)(=O)NC(C)C)N1CCC(c2ccccc2)C1. The van der Waals surface area contributed by atoms with Crippen LogP contribution in [0.1, 0.15) is 42.9 Å². The Kier molecular flexibility index (Phi) is 7.50. The Balaban J connectivity index is 1.63. The lowest BCUT2D eigenvalue weighted by molar-refractivity contribution is 0.485. The van der Waals surface area contributed by atoms with Crippen molar-refractivity contribution in [1.82, 2.24) is 14.9 Å². The highest BCUT2D eigenvalue weighted by Crippen LogP contribution is 2.27. The zero-order chi connectivity index (χ0) is 21.6. The first kappa shape index (κ1) is 22.3. The van der Waals surface area contributed by atoms with Gasteiger partial charge in [-0.1, -0.05) is 54.6 Å². The molecule has 1 fully saturated rings. The molecular formula is C23H32N4O2S. The molecule has 1 unspecified atom stereocenters. The second-order valence-electron chi connectivity index (χ2n) is 8.04. The molecule has 30 heavy (non-hydrogen) atoms. The van der Waals surface area contributed by atoms with Crippen molar-refractivity contribution in [3.05, 3.63) is 71.3 Å². The van der Waals surface area contributed by atoms with Crippen LogP contribution in [0.5, 0.6) is 0 Å². The third-order valence-electron chi connectivity index (χ3n) is 5.29. The number of rotatable bonds is 7. The Hall–Kier alpha value is -2.38. The van der Waals surface area contributed by atoms with Crippen LogP contribution in [0.15, 0.2) is 59.6 Å². The van der Waals surface area contributed by atoms with Gasteiger partial charge < -0.3 is 10.2 Å². The molecule has 0 aromatic heterocycles. The van der Waals surface area contributed by atoms with Crippen LogP contribution in [-0.2, 0) is 22.3 Å². The number of likely N-dealkylation sites (tertiary alicyclic amines) is 1. The van der Waals surface area contributed by atoms with Crippen molar-refractivity contribution in [2.24, 2.45) is 4.99 Å². The minimum absolute atomic E-state index is 0.0264. The van der Waals surface area contributed by atoms with Crippen molar-refractivity contribution in [2.75, 3.05) is 20.1 Å². The fraction of sp³-hybridized carbons (Fsp3) is 0.435. The van der Waals surface area contributed by atoms with Gasteiger partial charge in [0.1, 0.15) is 0 Å². The Morgan fingerprint density at radius 1 is 1.10 bits per heavy atom. The lowest BCUT2D eigenvalue weighted by Gasteiger charge is -2.22. The summed E-state index contributed by atoms with van der Waals surface area (Å²) in [6.07, 6.45) is 1.10. The summed E-state index contributed by atoms with van der Waals surface area (Å²) in [5, 5.41) is 3.43. The molecule has 3 rings (SSSR count). The average Bonchev–Trinajstić information content (AvgIpc) is 3.19. The van der Waals surface area contributed by atoms with E-state index < -0.39 is 10.0 Å². The molecule has 1 heterocycles. The molecule has 1 aliphatic heterocycles. The molecule has 1 aliphatic rings. The van der Waals surface area contributed by atoms with Gasteiger partial charge in [-0.3, -0.25) is 4.99 Å². The molecule has 2 aromatic rings. The van der Waals surface area contributed by atoms with E-state index in [-0.39, 0.29) is 11.8 Å². The highest BCUT2D eigenvalue weighted by atomic mass is 32.2. The lowest BCUT2D eigenvalue weighted by Crippen LogP contribution is -2.39. The van der Waals surface area contributed by atoms with Crippen LogP contribution in [0, 0.1) is 0 Å². The van der Waals surface area contributed by atoms with Crippen LogP contribution in [-0.4, -0.2) is 45.5 Å². The van der Waals surface area contributed by atoms with Crippen LogP contribution in [0.3, 0.4) is 0 Å². The molecule has 162 valence electrons. The first-order chi connectivity index (χ1) is 14.4. The number of benzene rings is 2. The van der Waals surface area contributed by atoms with E-state index in [1.165, 1.54) is 5.56 Å². The van der Waals surface area contributed by atoms with Crippen LogP contribution in [0.2, 0.25) is 0 Å². The summed E-state index contributed by atoms with van der Waals surface area (Å²) in [6.45, 7) is 6.07. The largest absolute Gasteiger partial charge is 0.352 e.